The van der Waals surface area contributed by atoms with Gasteiger partial charge in [0, 0.05) is 31.1 Å². The second-order valence-electron chi connectivity index (χ2n) is 10.6. The first-order valence-electron chi connectivity index (χ1n) is 14.5. The van der Waals surface area contributed by atoms with Crippen LogP contribution in [0.1, 0.15) is 68.5 Å². The van der Waals surface area contributed by atoms with Gasteiger partial charge in [-0.25, -0.2) is 4.98 Å². The molecular weight excluding hydrogens is 532 g/mol. The Morgan fingerprint density at radius 1 is 0.952 bits per heavy atom. The molecule has 222 valence electrons. The molecule has 0 spiro atoms. The van der Waals surface area contributed by atoms with Crippen molar-refractivity contribution in [2.75, 3.05) is 24.4 Å². The van der Waals surface area contributed by atoms with Crippen LogP contribution in [0.3, 0.4) is 0 Å². The number of benzene rings is 2. The molecule has 9 nitrogen and oxygen atoms in total. The predicted octanol–water partition coefficient (Wildman–Crippen LogP) is 5.74. The van der Waals surface area contributed by atoms with Crippen LogP contribution in [0.4, 0.5) is 11.5 Å². The number of anilines is 2. The summed E-state index contributed by atoms with van der Waals surface area (Å²) in [6.45, 7) is 1.98. The first-order chi connectivity index (χ1) is 20.4. The fourth-order valence-electron chi connectivity index (χ4n) is 5.26. The van der Waals surface area contributed by atoms with Crippen LogP contribution >= 0.6 is 0 Å². The van der Waals surface area contributed by atoms with Gasteiger partial charge < -0.3 is 20.1 Å². The third-order valence-corrected chi connectivity index (χ3v) is 7.49. The Bertz CT molecular complexity index is 1340. The molecule has 1 saturated carbocycles. The van der Waals surface area contributed by atoms with Crippen molar-refractivity contribution in [1.82, 2.24) is 10.3 Å². The first-order valence-corrected chi connectivity index (χ1v) is 14.5. The highest BCUT2D eigenvalue weighted by Gasteiger charge is 2.35. The van der Waals surface area contributed by atoms with E-state index in [1.54, 1.807) is 49.7 Å². The molecule has 1 heterocycles. The maximum absolute atomic E-state index is 14.1. The van der Waals surface area contributed by atoms with Crippen molar-refractivity contribution in [2.45, 2.75) is 70.4 Å². The first kappa shape index (κ1) is 30.6. The highest BCUT2D eigenvalue weighted by atomic mass is 16.5. The summed E-state index contributed by atoms with van der Waals surface area (Å²) >= 11 is 0. The lowest BCUT2D eigenvalue weighted by molar-refractivity contribution is -0.127. The molecule has 9 heteroatoms. The minimum absolute atomic E-state index is 0.0368. The lowest BCUT2D eigenvalue weighted by atomic mass is 9.94. The number of amides is 3. The van der Waals surface area contributed by atoms with E-state index in [-0.39, 0.29) is 43.0 Å². The number of aryl methyl sites for hydroxylation is 1. The van der Waals surface area contributed by atoms with Crippen LogP contribution in [0, 0.1) is 6.92 Å². The molecule has 1 atom stereocenters. The number of carbonyl (C=O) groups is 3. The summed E-state index contributed by atoms with van der Waals surface area (Å²) in [7, 11) is 3.07. The van der Waals surface area contributed by atoms with E-state index in [1.807, 2.05) is 31.2 Å². The lowest BCUT2D eigenvalue weighted by Crippen LogP contribution is -2.47. The van der Waals surface area contributed by atoms with Crippen molar-refractivity contribution in [1.29, 1.82) is 0 Å². The number of methoxy groups -OCH3 is 2. The largest absolute Gasteiger partial charge is 0.497 e. The standard InChI is InChI=1S/C33H40N4O5/c1-23-15-17-24(18-16-23)32(33(40)35-25-10-5-4-6-11-25)37(27-22-26(41-2)19-20-28(27)42-3)31(39)14-9-13-30(38)36-29-12-7-8-21-34-29/h7-8,12,15-22,25,32H,4-6,9-11,13-14H2,1-3H3,(H,35,40)(H,34,36,38)/t32-/m0/s1. The normalized spacial score (nSPS) is 14.0. The van der Waals surface area contributed by atoms with Gasteiger partial charge in [0.05, 0.1) is 19.9 Å². The Labute approximate surface area is 247 Å². The molecular formula is C33H40N4O5. The quantitative estimate of drug-likeness (QED) is 0.287. The van der Waals surface area contributed by atoms with E-state index in [9.17, 15) is 14.4 Å². The molecule has 42 heavy (non-hydrogen) atoms. The molecule has 2 N–H and O–H groups in total. The van der Waals surface area contributed by atoms with Gasteiger partial charge in [0.2, 0.25) is 17.7 Å². The Balaban J connectivity index is 1.66. The number of aromatic nitrogens is 1. The molecule has 0 aliphatic heterocycles. The van der Waals surface area contributed by atoms with Crippen LogP contribution < -0.4 is 25.0 Å². The van der Waals surface area contributed by atoms with Gasteiger partial charge in [-0.1, -0.05) is 55.2 Å². The summed E-state index contributed by atoms with van der Waals surface area (Å²) in [6, 6.07) is 17.2. The summed E-state index contributed by atoms with van der Waals surface area (Å²) in [6.07, 6.45) is 7.15. The SMILES string of the molecule is COc1ccc(OC)c(N(C(=O)CCCC(=O)Nc2ccccn2)[C@H](C(=O)NC2CCCCC2)c2ccc(C)cc2)c1. The van der Waals surface area contributed by atoms with E-state index in [4.69, 9.17) is 9.47 Å². The zero-order valence-corrected chi connectivity index (χ0v) is 24.6. The van der Waals surface area contributed by atoms with Crippen molar-refractivity contribution in [2.24, 2.45) is 0 Å². The van der Waals surface area contributed by atoms with E-state index in [1.165, 1.54) is 12.0 Å². The molecule has 0 bridgehead atoms. The van der Waals surface area contributed by atoms with E-state index < -0.39 is 6.04 Å². The van der Waals surface area contributed by atoms with Gasteiger partial charge in [0.15, 0.2) is 0 Å². The maximum atomic E-state index is 14.1. The van der Waals surface area contributed by atoms with Crippen LogP contribution in [0.15, 0.2) is 66.9 Å². The molecule has 1 aromatic heterocycles. The predicted molar refractivity (Wildman–Crippen MR) is 163 cm³/mol. The highest BCUT2D eigenvalue weighted by molar-refractivity contribution is 6.03. The lowest BCUT2D eigenvalue weighted by Gasteiger charge is -2.34. The average Bonchev–Trinajstić information content (AvgIpc) is 3.01. The van der Waals surface area contributed by atoms with Crippen molar-refractivity contribution in [3.8, 4) is 11.5 Å². The molecule has 2 aromatic carbocycles. The smallest absolute Gasteiger partial charge is 0.248 e. The van der Waals surface area contributed by atoms with E-state index in [0.29, 0.717) is 28.6 Å². The third kappa shape index (κ3) is 8.09. The second-order valence-corrected chi connectivity index (χ2v) is 10.6. The molecule has 0 saturated heterocycles. The number of rotatable bonds is 12. The van der Waals surface area contributed by atoms with Gasteiger partial charge in [-0.3, -0.25) is 19.3 Å². The van der Waals surface area contributed by atoms with Gasteiger partial charge in [-0.05, 0) is 56.0 Å². The Hall–Kier alpha value is -4.40. The van der Waals surface area contributed by atoms with Gasteiger partial charge in [0.25, 0.3) is 0 Å². The fourth-order valence-corrected chi connectivity index (χ4v) is 5.26. The monoisotopic (exact) mass is 572 g/mol. The zero-order valence-electron chi connectivity index (χ0n) is 24.6. The number of carbonyl (C=O) groups excluding carboxylic acids is 3. The third-order valence-electron chi connectivity index (χ3n) is 7.49. The van der Waals surface area contributed by atoms with Crippen molar-refractivity contribution >= 4 is 29.2 Å². The van der Waals surface area contributed by atoms with Crippen LogP contribution in [-0.4, -0.2) is 43.0 Å². The minimum atomic E-state index is -0.955. The molecule has 3 aromatic rings. The van der Waals surface area contributed by atoms with Crippen LogP contribution in [0.2, 0.25) is 0 Å². The molecule has 0 unspecified atom stereocenters. The van der Waals surface area contributed by atoms with Crippen LogP contribution in [0.5, 0.6) is 11.5 Å². The molecule has 1 aliphatic rings. The Morgan fingerprint density at radius 3 is 2.38 bits per heavy atom. The molecule has 0 radical (unpaired) electrons. The van der Waals surface area contributed by atoms with Gasteiger partial charge in [0.1, 0.15) is 23.4 Å². The number of nitrogens with zero attached hydrogens (tertiary/aromatic N) is 2. The number of hydrogen-bond donors (Lipinski definition) is 2. The summed E-state index contributed by atoms with van der Waals surface area (Å²) in [5.41, 5.74) is 2.14. The minimum Gasteiger partial charge on any atom is -0.497 e. The molecule has 3 amide bonds. The fraction of sp³-hybridized carbons (Fsp3) is 0.394. The number of hydrogen-bond acceptors (Lipinski definition) is 6. The summed E-state index contributed by atoms with van der Waals surface area (Å²) in [5, 5.41) is 5.98. The summed E-state index contributed by atoms with van der Waals surface area (Å²) < 4.78 is 11.2. The zero-order chi connectivity index (χ0) is 29.9. The van der Waals surface area contributed by atoms with Crippen LogP contribution in [-0.2, 0) is 14.4 Å². The average molecular weight is 573 g/mol. The maximum Gasteiger partial charge on any atom is 0.248 e. The topological polar surface area (TPSA) is 110 Å². The number of nitrogens with one attached hydrogen (secondary N) is 2. The Kier molecular flexibility index (Phi) is 10.9. The molecule has 1 fully saturated rings. The van der Waals surface area contributed by atoms with Crippen molar-refractivity contribution in [3.63, 3.8) is 0 Å². The van der Waals surface area contributed by atoms with E-state index >= 15 is 0 Å². The van der Waals surface area contributed by atoms with E-state index in [2.05, 4.69) is 15.6 Å². The molecule has 1 aliphatic carbocycles. The Morgan fingerprint density at radius 2 is 1.71 bits per heavy atom. The van der Waals surface area contributed by atoms with Gasteiger partial charge >= 0.3 is 0 Å². The van der Waals surface area contributed by atoms with Gasteiger partial charge in [-0.2, -0.15) is 0 Å². The molecule has 4 rings (SSSR count). The second kappa shape index (κ2) is 15.0. The van der Waals surface area contributed by atoms with Crippen LogP contribution in [0.25, 0.3) is 0 Å². The van der Waals surface area contributed by atoms with Crippen molar-refractivity contribution in [3.05, 3.63) is 78.0 Å². The van der Waals surface area contributed by atoms with Gasteiger partial charge in [-0.15, -0.1) is 0 Å². The summed E-state index contributed by atoms with van der Waals surface area (Å²) in [4.78, 5) is 46.4. The highest BCUT2D eigenvalue weighted by Crippen LogP contribution is 2.38. The van der Waals surface area contributed by atoms with E-state index in [0.717, 1.165) is 37.7 Å². The number of pyridine rings is 1. The van der Waals surface area contributed by atoms with Crippen molar-refractivity contribution < 1.29 is 23.9 Å². The summed E-state index contributed by atoms with van der Waals surface area (Å²) in [5.74, 6) is 0.606. The number of ether oxygens (including phenoxy) is 2.